The molecule has 2 heterocycles. The van der Waals surface area contributed by atoms with Gasteiger partial charge >= 0.3 is 12.1 Å². The van der Waals surface area contributed by atoms with E-state index in [0.29, 0.717) is 18.8 Å². The Morgan fingerprint density at radius 1 is 1.23 bits per heavy atom. The number of esters is 1. The van der Waals surface area contributed by atoms with Crippen molar-refractivity contribution in [2.24, 2.45) is 10.8 Å². The number of ether oxygens (including phenoxy) is 3. The first-order valence-electron chi connectivity index (χ1n) is 13.7. The van der Waals surface area contributed by atoms with Gasteiger partial charge in [0.05, 0.1) is 25.7 Å². The lowest BCUT2D eigenvalue weighted by Crippen LogP contribution is -2.35. The quantitative estimate of drug-likeness (QED) is 0.351. The molecule has 0 radical (unpaired) electrons. The number of hydrogen-bond acceptors (Lipinski definition) is 6. The van der Waals surface area contributed by atoms with Gasteiger partial charge in [0.25, 0.3) is 0 Å². The second-order valence-corrected chi connectivity index (χ2v) is 12.5. The summed E-state index contributed by atoms with van der Waals surface area (Å²) in [5, 5.41) is 0. The highest BCUT2D eigenvalue weighted by atomic mass is 16.6. The first-order valence-corrected chi connectivity index (χ1v) is 13.7. The molecule has 0 spiro atoms. The van der Waals surface area contributed by atoms with Crippen LogP contribution in [0.15, 0.2) is 42.1 Å². The largest absolute Gasteiger partial charge is 0.481 e. The van der Waals surface area contributed by atoms with Gasteiger partial charge in [-0.25, -0.2) is 9.78 Å². The predicted molar refractivity (Wildman–Crippen MR) is 151 cm³/mol. The Hall–Kier alpha value is -3.35. The average Bonchev–Trinajstić information content (AvgIpc) is 3.16. The van der Waals surface area contributed by atoms with Crippen LogP contribution in [-0.4, -0.2) is 48.8 Å². The van der Waals surface area contributed by atoms with E-state index in [9.17, 15) is 9.59 Å². The zero-order valence-corrected chi connectivity index (χ0v) is 24.6. The summed E-state index contributed by atoms with van der Waals surface area (Å²) >= 11 is 0. The van der Waals surface area contributed by atoms with Crippen molar-refractivity contribution in [1.82, 2.24) is 9.88 Å². The van der Waals surface area contributed by atoms with E-state index in [-0.39, 0.29) is 29.6 Å². The van der Waals surface area contributed by atoms with Crippen LogP contribution in [0.1, 0.15) is 82.2 Å². The van der Waals surface area contributed by atoms with E-state index in [1.807, 2.05) is 43.9 Å². The maximum Gasteiger partial charge on any atom is 0.411 e. The molecule has 1 aliphatic carbocycles. The fraction of sp³-hybridized carbons (Fsp3) is 0.531. The molecule has 1 fully saturated rings. The normalized spacial score (nSPS) is 21.1. The lowest BCUT2D eigenvalue weighted by molar-refractivity contribution is -0.150. The van der Waals surface area contributed by atoms with Crippen molar-refractivity contribution in [3.63, 3.8) is 0 Å². The molecule has 7 heteroatoms. The lowest BCUT2D eigenvalue weighted by atomic mass is 9.72. The zero-order valence-electron chi connectivity index (χ0n) is 24.6. The van der Waals surface area contributed by atoms with E-state index in [1.54, 1.807) is 13.3 Å². The van der Waals surface area contributed by atoms with Crippen LogP contribution in [0.25, 0.3) is 5.57 Å². The maximum absolute atomic E-state index is 13.2. The fourth-order valence-corrected chi connectivity index (χ4v) is 5.93. The summed E-state index contributed by atoms with van der Waals surface area (Å²) in [5.74, 6) is 0.292. The van der Waals surface area contributed by atoms with Crippen LogP contribution < -0.4 is 4.74 Å². The van der Waals surface area contributed by atoms with Gasteiger partial charge in [0.2, 0.25) is 5.88 Å². The summed E-state index contributed by atoms with van der Waals surface area (Å²) in [6.07, 6.45) is 4.38. The molecule has 7 nitrogen and oxygen atoms in total. The monoisotopic (exact) mass is 534 g/mol. The molecule has 0 saturated carbocycles. The van der Waals surface area contributed by atoms with Crippen LogP contribution in [0, 0.1) is 17.8 Å². The summed E-state index contributed by atoms with van der Waals surface area (Å²) in [6, 6.07) is 10.1. The van der Waals surface area contributed by atoms with Crippen molar-refractivity contribution in [3.05, 3.63) is 64.4 Å². The molecule has 0 N–H and O–H groups in total. The third-order valence-electron chi connectivity index (χ3n) is 8.10. The van der Waals surface area contributed by atoms with Crippen molar-refractivity contribution in [2.45, 2.75) is 79.4 Å². The number of rotatable bonds is 8. The topological polar surface area (TPSA) is 78.0 Å². The first kappa shape index (κ1) is 28.7. The molecule has 1 aromatic heterocycles. The highest BCUT2D eigenvalue weighted by Crippen LogP contribution is 2.45. The molecule has 1 amide bonds. The smallest absolute Gasteiger partial charge is 0.411 e. The minimum Gasteiger partial charge on any atom is -0.481 e. The average molecular weight is 535 g/mol. The Bertz CT molecular complexity index is 1280. The van der Waals surface area contributed by atoms with Gasteiger partial charge in [0.15, 0.2) is 0 Å². The molecule has 4 rings (SSSR count). The molecule has 2 atom stereocenters. The highest BCUT2D eigenvalue weighted by Gasteiger charge is 2.41. The van der Waals surface area contributed by atoms with Crippen molar-refractivity contribution >= 4 is 17.6 Å². The van der Waals surface area contributed by atoms with Crippen LogP contribution in [0.5, 0.6) is 5.88 Å². The number of methoxy groups -OCH3 is 2. The van der Waals surface area contributed by atoms with Crippen LogP contribution in [0.2, 0.25) is 0 Å². The summed E-state index contributed by atoms with van der Waals surface area (Å²) in [7, 11) is 3.04. The van der Waals surface area contributed by atoms with Gasteiger partial charge in [-0.3, -0.25) is 9.69 Å². The predicted octanol–water partition coefficient (Wildman–Crippen LogP) is 6.69. The van der Waals surface area contributed by atoms with Crippen LogP contribution >= 0.6 is 0 Å². The minimum atomic E-state index is -0.687. The molecule has 1 aliphatic heterocycles. The van der Waals surface area contributed by atoms with Gasteiger partial charge in [-0.2, -0.15) is 0 Å². The summed E-state index contributed by atoms with van der Waals surface area (Å²) in [6.45, 7) is 12.9. The number of aromatic nitrogens is 1. The number of allylic oxidation sites excluding steroid dienone is 1. The Labute approximate surface area is 232 Å². The SMILES string of the molecule is COC(=O)C(C)(C)Cc1cnc(OC)c(C2=C(CN3C(=O)O[C@H](c4cccc(C)c4)[C@@H]3C)CC(C)(C)CC2)c1. The van der Waals surface area contributed by atoms with Gasteiger partial charge in [-0.15, -0.1) is 0 Å². The van der Waals surface area contributed by atoms with Crippen molar-refractivity contribution in [2.75, 3.05) is 20.8 Å². The van der Waals surface area contributed by atoms with Gasteiger partial charge in [0.1, 0.15) is 6.10 Å². The van der Waals surface area contributed by atoms with E-state index in [2.05, 4.69) is 37.9 Å². The summed E-state index contributed by atoms with van der Waals surface area (Å²) in [5.41, 5.74) is 5.80. The molecular weight excluding hydrogens is 492 g/mol. The molecular formula is C32H42N2O5. The van der Waals surface area contributed by atoms with E-state index in [0.717, 1.165) is 47.1 Å². The van der Waals surface area contributed by atoms with Gasteiger partial charge in [0, 0.05) is 18.3 Å². The molecule has 1 aromatic carbocycles. The molecule has 0 unspecified atom stereocenters. The van der Waals surface area contributed by atoms with Crippen molar-refractivity contribution in [1.29, 1.82) is 0 Å². The number of carbonyl (C=O) groups is 2. The van der Waals surface area contributed by atoms with E-state index < -0.39 is 5.41 Å². The molecule has 210 valence electrons. The molecule has 2 aliphatic rings. The van der Waals surface area contributed by atoms with E-state index >= 15 is 0 Å². The van der Waals surface area contributed by atoms with E-state index in [1.165, 1.54) is 12.7 Å². The van der Waals surface area contributed by atoms with Crippen molar-refractivity contribution < 1.29 is 23.8 Å². The number of nitrogens with zero attached hydrogens (tertiary/aromatic N) is 2. The molecule has 39 heavy (non-hydrogen) atoms. The van der Waals surface area contributed by atoms with Crippen LogP contribution in [0.4, 0.5) is 4.79 Å². The second-order valence-electron chi connectivity index (χ2n) is 12.5. The van der Waals surface area contributed by atoms with Crippen LogP contribution in [0.3, 0.4) is 0 Å². The summed E-state index contributed by atoms with van der Waals surface area (Å²) in [4.78, 5) is 32.0. The van der Waals surface area contributed by atoms with Gasteiger partial charge in [-0.1, -0.05) is 43.7 Å². The molecule has 0 bridgehead atoms. The Morgan fingerprint density at radius 2 is 1.97 bits per heavy atom. The van der Waals surface area contributed by atoms with Crippen LogP contribution in [-0.2, 0) is 20.7 Å². The third kappa shape index (κ3) is 6.13. The van der Waals surface area contributed by atoms with Gasteiger partial charge in [-0.05, 0) is 87.1 Å². The number of cyclic esters (lactones) is 1. The van der Waals surface area contributed by atoms with Crippen molar-refractivity contribution in [3.8, 4) is 5.88 Å². The van der Waals surface area contributed by atoms with E-state index in [4.69, 9.17) is 14.2 Å². The molecule has 2 aromatic rings. The fourth-order valence-electron chi connectivity index (χ4n) is 5.93. The number of hydrogen-bond donors (Lipinski definition) is 0. The number of pyridine rings is 1. The number of aryl methyl sites for hydroxylation is 1. The highest BCUT2D eigenvalue weighted by molar-refractivity contribution is 5.78. The first-order chi connectivity index (χ1) is 18.3. The molecule has 1 saturated heterocycles. The third-order valence-corrected chi connectivity index (χ3v) is 8.10. The zero-order chi connectivity index (χ0) is 28.5. The number of amides is 1. The second kappa shape index (κ2) is 11.0. The Morgan fingerprint density at radius 3 is 2.64 bits per heavy atom. The Balaban J connectivity index is 1.71. The Kier molecular flexibility index (Phi) is 8.10. The number of benzene rings is 1. The van der Waals surface area contributed by atoms with Gasteiger partial charge < -0.3 is 14.2 Å². The number of carbonyl (C=O) groups excluding carboxylic acids is 2. The standard InChI is InChI=1S/C32H42N2O5/c1-20-10-9-11-23(14-20)27-21(2)34(30(36)39-27)19-24-17-31(3,4)13-12-25(24)26-15-22(18-33-28(26)37-7)16-32(5,6)29(35)38-8/h9-11,14-15,18,21,27H,12-13,16-17,19H2,1-8H3/t21-,27-/m0/s1. The maximum atomic E-state index is 13.2. The lowest BCUT2D eigenvalue weighted by Gasteiger charge is -2.35. The summed E-state index contributed by atoms with van der Waals surface area (Å²) < 4.78 is 16.6. The minimum absolute atomic E-state index is 0.104.